The quantitative estimate of drug-likeness (QED) is 0.0261. The first-order chi connectivity index (χ1) is 38.0. The van der Waals surface area contributed by atoms with Crippen molar-refractivity contribution in [2.75, 3.05) is 13.2 Å². The number of hydrogen-bond donors (Lipinski definition) is 0. The van der Waals surface area contributed by atoms with Crippen LogP contribution in [0.1, 0.15) is 290 Å². The highest BCUT2D eigenvalue weighted by Gasteiger charge is 2.19. The second-order valence-corrected chi connectivity index (χ2v) is 21.0. The lowest BCUT2D eigenvalue weighted by atomic mass is 10.0. The smallest absolute Gasteiger partial charge is 0.306 e. The zero-order valence-corrected chi connectivity index (χ0v) is 50.2. The van der Waals surface area contributed by atoms with Crippen molar-refractivity contribution in [2.24, 2.45) is 0 Å². The third-order valence-electron chi connectivity index (χ3n) is 13.5. The minimum atomic E-state index is -0.841. The first kappa shape index (κ1) is 72.8. The van der Waals surface area contributed by atoms with E-state index in [1.54, 1.807) is 0 Å². The standard InChI is InChI=1S/C71H118O6/c1-4-7-10-13-16-19-22-25-28-31-34-35-38-41-44-47-50-53-56-59-62-65-71(74)77-68(66-75-69(72)63-60-57-54-51-48-45-42-39-36-32-29-26-23-20-17-14-11-8-5-2)67-76-70(73)64-61-58-55-52-49-46-43-40-37-33-30-27-24-21-18-15-12-9-6-3/h17-18,20-21,26-27,29-30,36-37,39-40,45-46,48-49,54-55,57-58,68H,4-16,19,22-25,28,31-35,38,41-44,47,50-53,56,59-67H2,1-3H3/b20-17-,21-18-,29-26-,30-27-,39-36-,40-37-,48-45-,49-46-,57-54-,58-55-. The fourth-order valence-corrected chi connectivity index (χ4v) is 8.64. The molecule has 0 aliphatic rings. The van der Waals surface area contributed by atoms with Crippen LogP contribution in [-0.4, -0.2) is 37.2 Å². The predicted molar refractivity (Wildman–Crippen MR) is 334 cm³/mol. The molecular formula is C71H118O6. The van der Waals surface area contributed by atoms with Gasteiger partial charge in [0.1, 0.15) is 13.2 Å². The monoisotopic (exact) mass is 1070 g/mol. The SMILES string of the molecule is CCCCC/C=C\C/C=C\C/C=C\C/C=C\C/C=C\CCC(=O)OCC(COC(=O)CC/C=C\C/C=C\C/C=C\C/C=C\C/C=C\CCCCC)OC(=O)CCCCCCCCCCCCCCCCCCCCCCC. The second-order valence-electron chi connectivity index (χ2n) is 21.0. The van der Waals surface area contributed by atoms with E-state index in [0.29, 0.717) is 19.3 Å². The Hall–Kier alpha value is -4.19. The van der Waals surface area contributed by atoms with Gasteiger partial charge in [0.2, 0.25) is 0 Å². The Morgan fingerprint density at radius 2 is 0.494 bits per heavy atom. The molecule has 6 heteroatoms. The Morgan fingerprint density at radius 3 is 0.779 bits per heavy atom. The molecule has 77 heavy (non-hydrogen) atoms. The fraction of sp³-hybridized carbons (Fsp3) is 0.676. The molecule has 0 rings (SSSR count). The molecule has 0 radical (unpaired) electrons. The molecule has 0 heterocycles. The summed E-state index contributed by atoms with van der Waals surface area (Å²) in [6.45, 7) is 6.48. The van der Waals surface area contributed by atoms with E-state index in [4.69, 9.17) is 14.2 Å². The summed E-state index contributed by atoms with van der Waals surface area (Å²) >= 11 is 0. The maximum atomic E-state index is 12.9. The highest BCUT2D eigenvalue weighted by atomic mass is 16.6. The molecule has 0 saturated carbocycles. The van der Waals surface area contributed by atoms with Gasteiger partial charge in [0.05, 0.1) is 0 Å². The molecule has 6 nitrogen and oxygen atoms in total. The van der Waals surface area contributed by atoms with Gasteiger partial charge in [-0.15, -0.1) is 0 Å². The van der Waals surface area contributed by atoms with Crippen LogP contribution in [0.5, 0.6) is 0 Å². The summed E-state index contributed by atoms with van der Waals surface area (Å²) in [4.78, 5) is 38.3. The van der Waals surface area contributed by atoms with Crippen LogP contribution in [0.15, 0.2) is 122 Å². The van der Waals surface area contributed by atoms with Gasteiger partial charge in [-0.2, -0.15) is 0 Å². The van der Waals surface area contributed by atoms with Gasteiger partial charge < -0.3 is 14.2 Å². The lowest BCUT2D eigenvalue weighted by molar-refractivity contribution is -0.166. The molecule has 0 unspecified atom stereocenters. The topological polar surface area (TPSA) is 78.9 Å². The zero-order valence-electron chi connectivity index (χ0n) is 50.2. The molecule has 0 aromatic rings. The van der Waals surface area contributed by atoms with Crippen LogP contribution in [-0.2, 0) is 28.6 Å². The van der Waals surface area contributed by atoms with Crippen LogP contribution in [0.4, 0.5) is 0 Å². The number of unbranched alkanes of at least 4 members (excludes halogenated alkanes) is 26. The minimum absolute atomic E-state index is 0.141. The summed E-state index contributed by atoms with van der Waals surface area (Å²) in [5.74, 6) is -1.09. The molecule has 0 aliphatic heterocycles. The fourth-order valence-electron chi connectivity index (χ4n) is 8.64. The van der Waals surface area contributed by atoms with Crippen molar-refractivity contribution >= 4 is 17.9 Å². The highest BCUT2D eigenvalue weighted by Crippen LogP contribution is 2.16. The van der Waals surface area contributed by atoms with Gasteiger partial charge in [-0.05, 0) is 96.3 Å². The largest absolute Gasteiger partial charge is 0.462 e. The Balaban J connectivity index is 4.57. The van der Waals surface area contributed by atoms with Crippen molar-refractivity contribution < 1.29 is 28.6 Å². The Morgan fingerprint density at radius 1 is 0.260 bits per heavy atom. The van der Waals surface area contributed by atoms with Crippen LogP contribution in [0, 0.1) is 0 Å². The van der Waals surface area contributed by atoms with Gasteiger partial charge in [-0.3, -0.25) is 14.4 Å². The second kappa shape index (κ2) is 64.3. The Kier molecular flexibility index (Phi) is 60.8. The van der Waals surface area contributed by atoms with E-state index in [1.165, 1.54) is 167 Å². The third-order valence-corrected chi connectivity index (χ3v) is 13.5. The van der Waals surface area contributed by atoms with Crippen molar-refractivity contribution in [1.29, 1.82) is 0 Å². The van der Waals surface area contributed by atoms with Crippen molar-refractivity contribution in [2.45, 2.75) is 297 Å². The number of ether oxygens (including phenoxy) is 3. The predicted octanol–water partition coefficient (Wildman–Crippen LogP) is 22.0. The van der Waals surface area contributed by atoms with Gasteiger partial charge in [0.25, 0.3) is 0 Å². The number of esters is 3. The van der Waals surface area contributed by atoms with Crippen LogP contribution >= 0.6 is 0 Å². The average molecular weight is 1070 g/mol. The maximum Gasteiger partial charge on any atom is 0.306 e. The van der Waals surface area contributed by atoms with Crippen LogP contribution < -0.4 is 0 Å². The van der Waals surface area contributed by atoms with Gasteiger partial charge in [0, 0.05) is 19.3 Å². The van der Waals surface area contributed by atoms with Crippen molar-refractivity contribution in [3.05, 3.63) is 122 Å². The van der Waals surface area contributed by atoms with Crippen LogP contribution in [0.2, 0.25) is 0 Å². The summed E-state index contributed by atoms with van der Waals surface area (Å²) in [5.41, 5.74) is 0. The summed E-state index contributed by atoms with van der Waals surface area (Å²) in [5, 5.41) is 0. The number of rotatable bonds is 57. The molecule has 438 valence electrons. The average Bonchev–Trinajstić information content (AvgIpc) is 3.43. The lowest BCUT2D eigenvalue weighted by Crippen LogP contribution is -2.30. The van der Waals surface area contributed by atoms with E-state index >= 15 is 0 Å². The van der Waals surface area contributed by atoms with E-state index in [-0.39, 0.29) is 44.0 Å². The first-order valence-electron chi connectivity index (χ1n) is 32.0. The normalized spacial score (nSPS) is 12.6. The summed E-state index contributed by atoms with van der Waals surface area (Å²) in [7, 11) is 0. The van der Waals surface area contributed by atoms with Crippen molar-refractivity contribution in [3.8, 4) is 0 Å². The van der Waals surface area contributed by atoms with Gasteiger partial charge >= 0.3 is 17.9 Å². The van der Waals surface area contributed by atoms with Gasteiger partial charge in [-0.1, -0.05) is 296 Å². The van der Waals surface area contributed by atoms with E-state index in [0.717, 1.165) is 70.6 Å². The molecular weight excluding hydrogens is 949 g/mol. The number of allylic oxidation sites excluding steroid dienone is 20. The first-order valence-corrected chi connectivity index (χ1v) is 32.0. The molecule has 0 N–H and O–H groups in total. The highest BCUT2D eigenvalue weighted by molar-refractivity contribution is 5.71. The van der Waals surface area contributed by atoms with E-state index in [9.17, 15) is 14.4 Å². The van der Waals surface area contributed by atoms with Crippen LogP contribution in [0.3, 0.4) is 0 Å². The van der Waals surface area contributed by atoms with Crippen molar-refractivity contribution in [3.63, 3.8) is 0 Å². The number of carbonyl (C=O) groups excluding carboxylic acids is 3. The minimum Gasteiger partial charge on any atom is -0.462 e. The Bertz CT molecular complexity index is 1510. The number of hydrogen-bond acceptors (Lipinski definition) is 6. The van der Waals surface area contributed by atoms with E-state index in [2.05, 4.69) is 130 Å². The maximum absolute atomic E-state index is 12.9. The summed E-state index contributed by atoms with van der Waals surface area (Å²) in [6.07, 6.45) is 89.4. The Labute approximate surface area is 475 Å². The number of carbonyl (C=O) groups is 3. The summed E-state index contributed by atoms with van der Waals surface area (Å²) < 4.78 is 16.8. The molecule has 0 amide bonds. The van der Waals surface area contributed by atoms with Crippen LogP contribution in [0.25, 0.3) is 0 Å². The molecule has 0 aliphatic carbocycles. The summed E-state index contributed by atoms with van der Waals surface area (Å²) in [6, 6.07) is 0. The molecule has 0 saturated heterocycles. The van der Waals surface area contributed by atoms with Gasteiger partial charge in [0.15, 0.2) is 6.10 Å². The molecule has 0 fully saturated rings. The lowest BCUT2D eigenvalue weighted by Gasteiger charge is -2.18. The molecule has 0 spiro atoms. The van der Waals surface area contributed by atoms with Crippen molar-refractivity contribution in [1.82, 2.24) is 0 Å². The van der Waals surface area contributed by atoms with E-state index < -0.39 is 6.10 Å². The van der Waals surface area contributed by atoms with E-state index in [1.807, 2.05) is 12.2 Å². The molecule has 0 atom stereocenters. The molecule has 0 aromatic heterocycles. The zero-order chi connectivity index (χ0) is 55.7. The molecule has 0 aromatic carbocycles. The third kappa shape index (κ3) is 62.5. The van der Waals surface area contributed by atoms with Gasteiger partial charge in [-0.25, -0.2) is 0 Å². The molecule has 0 bridgehead atoms.